The van der Waals surface area contributed by atoms with Gasteiger partial charge in [-0.25, -0.2) is 19.4 Å². The fourth-order valence-electron chi connectivity index (χ4n) is 6.42. The maximum atomic E-state index is 12.6. The van der Waals surface area contributed by atoms with Crippen molar-refractivity contribution in [1.29, 1.82) is 0 Å². The molecule has 1 saturated heterocycles. The number of esters is 1. The Morgan fingerprint density at radius 1 is 0.704 bits per heavy atom. The molecular formula is C44H69N5O22. The SMILES string of the molecule is CC(=O)CC(CC(=O)O)C(C)=O.CC(=O)CC(CC(C)=O)C(=O)O.COC(=O)C1=C[C@H](N=C(N)N)[C@@H](C)C([C@H](OC(=O)NCCCCCCCCN)[C@H]2COC(=O)O2)O1.O=C(O)CC(CC(=O)O)C(=O)O. The molecule has 1 amide bonds. The molecular weight excluding hydrogens is 950 g/mol. The molecule has 27 nitrogen and oxygen atoms in total. The minimum atomic E-state index is -1.40. The number of unbranched alkanes of at least 4 members (excludes halogenated alkanes) is 5. The van der Waals surface area contributed by atoms with Crippen molar-refractivity contribution < 1.29 is 107 Å². The van der Waals surface area contributed by atoms with Crippen molar-refractivity contribution in [1.82, 2.24) is 5.32 Å². The van der Waals surface area contributed by atoms with Gasteiger partial charge >= 0.3 is 48.1 Å². The minimum Gasteiger partial charge on any atom is -0.481 e. The van der Waals surface area contributed by atoms with E-state index in [1.165, 1.54) is 40.9 Å². The fraction of sp³-hybridized carbons (Fsp3) is 0.659. The van der Waals surface area contributed by atoms with Gasteiger partial charge in [-0.2, -0.15) is 0 Å². The van der Waals surface area contributed by atoms with Crippen LogP contribution in [0.3, 0.4) is 0 Å². The molecule has 12 N–H and O–H groups in total. The van der Waals surface area contributed by atoms with Crippen molar-refractivity contribution in [3.05, 3.63) is 11.8 Å². The quantitative estimate of drug-likeness (QED) is 0.0177. The Hall–Kier alpha value is -7.19. The molecule has 2 unspecified atom stereocenters. The number of aliphatic imine (C=N–C) groups is 1. The maximum Gasteiger partial charge on any atom is 0.508 e. The van der Waals surface area contributed by atoms with E-state index in [0.717, 1.165) is 38.5 Å². The third kappa shape index (κ3) is 31.5. The Balaban J connectivity index is 0. The number of carbonyl (C=O) groups is 12. The first kappa shape index (κ1) is 65.9. The van der Waals surface area contributed by atoms with Crippen LogP contribution >= 0.6 is 0 Å². The number of guanidine groups is 1. The number of alkyl carbamates (subject to hydrolysis) is 1. The van der Waals surface area contributed by atoms with Gasteiger partial charge in [0.15, 0.2) is 18.2 Å². The van der Waals surface area contributed by atoms with Gasteiger partial charge in [0, 0.05) is 37.6 Å². The summed E-state index contributed by atoms with van der Waals surface area (Å²) in [6, 6.07) is -0.681. The van der Waals surface area contributed by atoms with E-state index in [2.05, 4.69) is 10.3 Å². The number of amides is 1. The van der Waals surface area contributed by atoms with Gasteiger partial charge in [-0.3, -0.25) is 28.8 Å². The monoisotopic (exact) mass is 1020 g/mol. The number of nitrogens with zero attached hydrogens (tertiary/aromatic N) is 1. The number of carboxylic acids is 5. The molecule has 0 aromatic heterocycles. The molecule has 0 bridgehead atoms. The van der Waals surface area contributed by atoms with Gasteiger partial charge < -0.3 is 86.1 Å². The number of cyclic esters (lactones) is 2. The molecule has 2 aliphatic heterocycles. The highest BCUT2D eigenvalue weighted by Crippen LogP contribution is 2.32. The number of rotatable bonds is 28. The number of ketones is 4. The zero-order valence-electron chi connectivity index (χ0n) is 40.7. The van der Waals surface area contributed by atoms with E-state index in [1.54, 1.807) is 6.92 Å². The van der Waals surface area contributed by atoms with Crippen molar-refractivity contribution in [2.45, 2.75) is 136 Å². The summed E-state index contributed by atoms with van der Waals surface area (Å²) in [7, 11) is 1.20. The molecule has 0 spiro atoms. The minimum absolute atomic E-state index is 0.0294. The summed E-state index contributed by atoms with van der Waals surface area (Å²) in [6.07, 6.45) is 1.11. The number of methoxy groups -OCH3 is 1. The summed E-state index contributed by atoms with van der Waals surface area (Å²) in [4.78, 5) is 134. The van der Waals surface area contributed by atoms with E-state index < -0.39 is 109 Å². The Morgan fingerprint density at radius 3 is 1.55 bits per heavy atom. The predicted octanol–water partition coefficient (Wildman–Crippen LogP) is 1.58. The summed E-state index contributed by atoms with van der Waals surface area (Å²) in [5, 5.41) is 44.4. The molecule has 2 rings (SSSR count). The number of carboxylic acid groups (broad SMARTS) is 5. The molecule has 1 fully saturated rings. The highest BCUT2D eigenvalue weighted by Gasteiger charge is 2.48. The van der Waals surface area contributed by atoms with Crippen molar-refractivity contribution in [3.8, 4) is 0 Å². The summed E-state index contributed by atoms with van der Waals surface area (Å²) < 4.78 is 26.3. The Bertz CT molecular complexity index is 1740. The predicted molar refractivity (Wildman–Crippen MR) is 244 cm³/mol. The van der Waals surface area contributed by atoms with Crippen LogP contribution in [0.15, 0.2) is 16.8 Å². The highest BCUT2D eigenvalue weighted by molar-refractivity contribution is 5.89. The van der Waals surface area contributed by atoms with Crippen LogP contribution in [0.1, 0.15) is 112 Å². The number of ether oxygens (including phenoxy) is 5. The first-order valence-corrected chi connectivity index (χ1v) is 22.2. The molecule has 0 aliphatic carbocycles. The standard InChI is InChI=1S/C22H37N5O8.2C8H12O4.C6H8O6/c1-13-14(27-20(24)25)11-15(19(28)31-2)33-17(13)18(16-12-32-22(30)34-16)35-21(29)26-10-8-6-4-3-5-7-9-23;1-5(9)3-7(6(2)10)4-8(11)12;1-5(9)3-7(8(11)12)4-6(2)10;7-4(8)1-3(6(11)12)2-5(9)10/h11,13-14,16-18H,3-10,12,23H2,1-2H3,(H,26,29)(H4,24,25,27);2*7H,3-4H2,1-2H3,(H,11,12);3H,1-2H2,(H,7,8)(H,9,10)(H,11,12)/t13-,14+,16-,17?,18-;;;/m1.../s1. The van der Waals surface area contributed by atoms with Gasteiger partial charge in [-0.05, 0) is 53.2 Å². The molecule has 0 saturated carbocycles. The maximum absolute atomic E-state index is 12.6. The van der Waals surface area contributed by atoms with Gasteiger partial charge in [-0.1, -0.05) is 32.6 Å². The van der Waals surface area contributed by atoms with Crippen LogP contribution in [0.4, 0.5) is 9.59 Å². The first-order chi connectivity index (χ1) is 33.1. The van der Waals surface area contributed by atoms with E-state index in [1.807, 2.05) is 0 Å². The summed E-state index contributed by atoms with van der Waals surface area (Å²) >= 11 is 0. The van der Waals surface area contributed by atoms with Gasteiger partial charge in [0.25, 0.3) is 0 Å². The van der Waals surface area contributed by atoms with Gasteiger partial charge in [0.1, 0.15) is 35.8 Å². The molecule has 2 heterocycles. The van der Waals surface area contributed by atoms with E-state index in [0.29, 0.717) is 13.1 Å². The Morgan fingerprint density at radius 2 is 1.15 bits per heavy atom. The Kier molecular flexibility index (Phi) is 33.3. The van der Waals surface area contributed by atoms with E-state index in [-0.39, 0.29) is 67.1 Å². The Labute approximate surface area is 409 Å². The number of hydrogen-bond acceptors (Lipinski definition) is 19. The number of nitrogens with one attached hydrogen (secondary N) is 1. The summed E-state index contributed by atoms with van der Waals surface area (Å²) in [5.41, 5.74) is 16.6. The normalized spacial score (nSPS) is 17.3. The lowest BCUT2D eigenvalue weighted by Gasteiger charge is -2.38. The van der Waals surface area contributed by atoms with Crippen molar-refractivity contribution in [2.75, 3.05) is 26.8 Å². The van der Waals surface area contributed by atoms with Crippen LogP contribution in [-0.4, -0.2) is 154 Å². The summed E-state index contributed by atoms with van der Waals surface area (Å²) in [5.74, 6) is -11.4. The van der Waals surface area contributed by atoms with Crippen LogP contribution in [0.25, 0.3) is 0 Å². The lowest BCUT2D eigenvalue weighted by molar-refractivity contribution is -0.152. The first-order valence-electron chi connectivity index (χ1n) is 22.2. The lowest BCUT2D eigenvalue weighted by atomic mass is 9.87. The molecule has 71 heavy (non-hydrogen) atoms. The second-order valence-electron chi connectivity index (χ2n) is 16.3. The van der Waals surface area contributed by atoms with Crippen molar-refractivity contribution >= 4 is 77.2 Å². The van der Waals surface area contributed by atoms with Gasteiger partial charge in [-0.15, -0.1) is 0 Å². The topological polar surface area (TPSA) is 455 Å². The third-order valence-electron chi connectivity index (χ3n) is 9.91. The van der Waals surface area contributed by atoms with Crippen molar-refractivity contribution in [2.24, 2.45) is 45.9 Å². The number of carbonyl (C=O) groups excluding carboxylic acids is 7. The average molecular weight is 1020 g/mol. The van der Waals surface area contributed by atoms with Crippen LogP contribution in [0.5, 0.6) is 0 Å². The lowest BCUT2D eigenvalue weighted by Crippen LogP contribution is -2.52. The molecule has 27 heteroatoms. The van der Waals surface area contributed by atoms with Crippen LogP contribution < -0.4 is 22.5 Å². The van der Waals surface area contributed by atoms with E-state index >= 15 is 0 Å². The summed E-state index contributed by atoms with van der Waals surface area (Å²) in [6.45, 7) is 7.98. The zero-order chi connectivity index (χ0) is 55.0. The largest absolute Gasteiger partial charge is 0.508 e. The number of aliphatic carboxylic acids is 5. The molecule has 2 aliphatic rings. The van der Waals surface area contributed by atoms with Gasteiger partial charge in [0.05, 0.1) is 44.2 Å². The molecule has 402 valence electrons. The number of hydrogen-bond donors (Lipinski definition) is 9. The van der Waals surface area contributed by atoms with Crippen molar-refractivity contribution in [3.63, 3.8) is 0 Å². The molecule has 0 radical (unpaired) electrons. The molecule has 0 aromatic rings. The van der Waals surface area contributed by atoms with Crippen LogP contribution in [0.2, 0.25) is 0 Å². The average Bonchev–Trinajstić information content (AvgIpc) is 3.68. The second kappa shape index (κ2) is 35.9. The molecule has 0 aromatic carbocycles. The fourth-order valence-corrected chi connectivity index (χ4v) is 6.42. The number of Topliss-reactive ketones (excluding diaryl/α,β-unsaturated/α-hetero) is 4. The van der Waals surface area contributed by atoms with E-state index in [9.17, 15) is 57.5 Å². The zero-order valence-corrected chi connectivity index (χ0v) is 40.7. The van der Waals surface area contributed by atoms with E-state index in [4.69, 9.17) is 66.4 Å². The smallest absolute Gasteiger partial charge is 0.481 e. The van der Waals surface area contributed by atoms with Crippen LogP contribution in [0, 0.1) is 23.7 Å². The van der Waals surface area contributed by atoms with Crippen LogP contribution in [-0.2, 0) is 71.6 Å². The second-order valence-corrected chi connectivity index (χ2v) is 16.3. The highest BCUT2D eigenvalue weighted by atomic mass is 16.8. The number of nitrogens with two attached hydrogens (primary N) is 3. The van der Waals surface area contributed by atoms with Gasteiger partial charge in [0.2, 0.25) is 5.76 Å². The molecule has 6 atom stereocenters. The third-order valence-corrected chi connectivity index (χ3v) is 9.91.